The Balaban J connectivity index is 1.15. The van der Waals surface area contributed by atoms with Gasteiger partial charge in [-0.25, -0.2) is 4.79 Å². The molecule has 0 radical (unpaired) electrons. The maximum absolute atomic E-state index is 12.5. The molecule has 0 aromatic carbocycles. The Morgan fingerprint density at radius 3 is 2.24 bits per heavy atom. The third kappa shape index (κ3) is 3.80. The van der Waals surface area contributed by atoms with E-state index in [0.717, 1.165) is 43.6 Å². The van der Waals surface area contributed by atoms with Gasteiger partial charge in [-0.2, -0.15) is 0 Å². The zero-order valence-electron chi connectivity index (χ0n) is 15.4. The minimum Gasteiger partial charge on any atom is -0.339 e. The highest BCUT2D eigenvalue weighted by atomic mass is 16.2. The van der Waals surface area contributed by atoms with Crippen LogP contribution in [0.5, 0.6) is 0 Å². The van der Waals surface area contributed by atoms with E-state index in [2.05, 4.69) is 5.32 Å². The van der Waals surface area contributed by atoms with Crippen LogP contribution in [0.4, 0.5) is 4.79 Å². The van der Waals surface area contributed by atoms with Crippen molar-refractivity contribution < 1.29 is 9.59 Å². The number of carbonyl (C=O) groups is 2. The van der Waals surface area contributed by atoms with E-state index in [4.69, 9.17) is 0 Å². The molecule has 4 rings (SSSR count). The number of hydrogen-bond acceptors (Lipinski definition) is 2. The molecule has 4 fully saturated rings. The van der Waals surface area contributed by atoms with Gasteiger partial charge in [-0.15, -0.1) is 0 Å². The lowest BCUT2D eigenvalue weighted by Crippen LogP contribution is -2.54. The Kier molecular flexibility index (Phi) is 5.18. The summed E-state index contributed by atoms with van der Waals surface area (Å²) in [5.74, 6) is 3.35. The molecule has 3 unspecified atom stereocenters. The molecule has 3 amide bonds. The van der Waals surface area contributed by atoms with Crippen molar-refractivity contribution in [1.82, 2.24) is 15.1 Å². The maximum atomic E-state index is 12.5. The molecule has 1 N–H and O–H groups in total. The van der Waals surface area contributed by atoms with Gasteiger partial charge in [0.15, 0.2) is 0 Å². The van der Waals surface area contributed by atoms with Crippen LogP contribution in [0.2, 0.25) is 0 Å². The van der Waals surface area contributed by atoms with E-state index in [1.54, 1.807) is 0 Å². The molecule has 5 nitrogen and oxygen atoms in total. The van der Waals surface area contributed by atoms with Gasteiger partial charge in [0.25, 0.3) is 0 Å². The lowest BCUT2D eigenvalue weighted by atomic mass is 9.86. The second kappa shape index (κ2) is 7.55. The predicted molar refractivity (Wildman–Crippen MR) is 97.1 cm³/mol. The summed E-state index contributed by atoms with van der Waals surface area (Å²) in [5.41, 5.74) is 0. The summed E-state index contributed by atoms with van der Waals surface area (Å²) in [6.45, 7) is 3.58. The second-order valence-corrected chi connectivity index (χ2v) is 8.75. The van der Waals surface area contributed by atoms with Gasteiger partial charge in [0, 0.05) is 38.6 Å². The first-order valence-corrected chi connectivity index (χ1v) is 10.5. The molecule has 1 aliphatic heterocycles. The van der Waals surface area contributed by atoms with Crippen molar-refractivity contribution in [3.63, 3.8) is 0 Å². The number of hydrogen-bond donors (Lipinski definition) is 1. The van der Waals surface area contributed by atoms with Crippen LogP contribution >= 0.6 is 0 Å². The molecule has 4 aliphatic rings. The molecular weight excluding hydrogens is 314 g/mol. The Morgan fingerprint density at radius 2 is 1.60 bits per heavy atom. The van der Waals surface area contributed by atoms with Gasteiger partial charge in [-0.1, -0.05) is 19.3 Å². The molecule has 3 saturated carbocycles. The van der Waals surface area contributed by atoms with Gasteiger partial charge in [0.2, 0.25) is 5.91 Å². The lowest BCUT2D eigenvalue weighted by Gasteiger charge is -2.36. The quantitative estimate of drug-likeness (QED) is 0.850. The van der Waals surface area contributed by atoms with Crippen LogP contribution in [0.3, 0.4) is 0 Å². The SMILES string of the molecule is O=C(NCCC1CC2CCC1C2)N1CCN(C(=O)C2CCCC2)CC1. The van der Waals surface area contributed by atoms with E-state index in [0.29, 0.717) is 32.1 Å². The van der Waals surface area contributed by atoms with Gasteiger partial charge < -0.3 is 15.1 Å². The molecule has 140 valence electrons. The summed E-state index contributed by atoms with van der Waals surface area (Å²) < 4.78 is 0. The Labute approximate surface area is 151 Å². The zero-order valence-corrected chi connectivity index (χ0v) is 15.4. The topological polar surface area (TPSA) is 52.7 Å². The molecule has 0 spiro atoms. The van der Waals surface area contributed by atoms with Crippen LogP contribution in [0.1, 0.15) is 57.8 Å². The standard InChI is InChI=1S/C20H33N3O2/c24-19(16-3-1-2-4-16)22-9-11-23(12-10-22)20(25)21-8-7-18-14-15-5-6-17(18)13-15/h15-18H,1-14H2,(H,21,25). The zero-order chi connectivity index (χ0) is 17.2. The summed E-state index contributed by atoms with van der Waals surface area (Å²) in [6, 6.07) is 0.0659. The molecule has 0 aromatic rings. The number of piperazine rings is 1. The van der Waals surface area contributed by atoms with Gasteiger partial charge in [-0.05, 0) is 56.3 Å². The van der Waals surface area contributed by atoms with Crippen LogP contribution < -0.4 is 5.32 Å². The molecule has 3 atom stereocenters. The van der Waals surface area contributed by atoms with Crippen molar-refractivity contribution in [3.8, 4) is 0 Å². The lowest BCUT2D eigenvalue weighted by molar-refractivity contribution is -0.136. The smallest absolute Gasteiger partial charge is 0.317 e. The fourth-order valence-electron chi connectivity index (χ4n) is 5.77. The monoisotopic (exact) mass is 347 g/mol. The summed E-state index contributed by atoms with van der Waals surface area (Å²) >= 11 is 0. The molecule has 0 aromatic heterocycles. The van der Waals surface area contributed by atoms with Crippen LogP contribution in [-0.2, 0) is 4.79 Å². The summed E-state index contributed by atoms with van der Waals surface area (Å²) in [4.78, 5) is 28.7. The van der Waals surface area contributed by atoms with Gasteiger partial charge in [0.1, 0.15) is 0 Å². The third-order valence-corrected chi connectivity index (χ3v) is 7.26. The number of carbonyl (C=O) groups excluding carboxylic acids is 2. The number of nitrogens with zero attached hydrogens (tertiary/aromatic N) is 2. The van der Waals surface area contributed by atoms with Crippen LogP contribution in [0.25, 0.3) is 0 Å². The number of fused-ring (bicyclic) bond motifs is 2. The third-order valence-electron chi connectivity index (χ3n) is 7.26. The first-order chi connectivity index (χ1) is 12.2. The fourth-order valence-corrected chi connectivity index (χ4v) is 5.77. The van der Waals surface area contributed by atoms with Gasteiger partial charge in [0.05, 0.1) is 0 Å². The van der Waals surface area contributed by atoms with E-state index < -0.39 is 0 Å². The van der Waals surface area contributed by atoms with E-state index in [9.17, 15) is 9.59 Å². The van der Waals surface area contributed by atoms with Gasteiger partial charge >= 0.3 is 6.03 Å². The molecule has 3 aliphatic carbocycles. The summed E-state index contributed by atoms with van der Waals surface area (Å²) in [6.07, 6.45) is 11.3. The normalized spacial score (nSPS) is 32.4. The summed E-state index contributed by atoms with van der Waals surface area (Å²) in [7, 11) is 0. The van der Waals surface area contributed by atoms with E-state index in [-0.39, 0.29) is 11.9 Å². The maximum Gasteiger partial charge on any atom is 0.317 e. The van der Waals surface area contributed by atoms with E-state index in [1.165, 1.54) is 38.5 Å². The molecule has 5 heteroatoms. The number of urea groups is 1. The van der Waals surface area contributed by atoms with E-state index in [1.807, 2.05) is 9.80 Å². The number of amides is 3. The number of rotatable bonds is 4. The average molecular weight is 348 g/mol. The highest BCUT2D eigenvalue weighted by Gasteiger charge is 2.39. The molecule has 2 bridgehead atoms. The van der Waals surface area contributed by atoms with Crippen molar-refractivity contribution in [2.45, 2.75) is 57.8 Å². The molecule has 1 heterocycles. The predicted octanol–water partition coefficient (Wildman–Crippen LogP) is 2.86. The average Bonchev–Trinajstić information content (AvgIpc) is 3.39. The first kappa shape index (κ1) is 17.2. The molecule has 1 saturated heterocycles. The number of nitrogens with one attached hydrogen (secondary N) is 1. The van der Waals surface area contributed by atoms with Crippen molar-refractivity contribution >= 4 is 11.9 Å². The second-order valence-electron chi connectivity index (χ2n) is 8.75. The Morgan fingerprint density at radius 1 is 0.880 bits per heavy atom. The minimum absolute atomic E-state index is 0.0659. The van der Waals surface area contributed by atoms with Crippen molar-refractivity contribution in [3.05, 3.63) is 0 Å². The fraction of sp³-hybridized carbons (Fsp3) is 0.900. The van der Waals surface area contributed by atoms with Crippen molar-refractivity contribution in [1.29, 1.82) is 0 Å². The molecular formula is C20H33N3O2. The van der Waals surface area contributed by atoms with Crippen LogP contribution in [-0.4, -0.2) is 54.5 Å². The van der Waals surface area contributed by atoms with Crippen molar-refractivity contribution in [2.75, 3.05) is 32.7 Å². The van der Waals surface area contributed by atoms with E-state index >= 15 is 0 Å². The largest absolute Gasteiger partial charge is 0.339 e. The van der Waals surface area contributed by atoms with Crippen molar-refractivity contribution in [2.24, 2.45) is 23.7 Å². The van der Waals surface area contributed by atoms with Gasteiger partial charge in [-0.3, -0.25) is 4.79 Å². The van der Waals surface area contributed by atoms with Crippen LogP contribution in [0.15, 0.2) is 0 Å². The minimum atomic E-state index is 0.0659. The molecule has 25 heavy (non-hydrogen) atoms. The highest BCUT2D eigenvalue weighted by Crippen LogP contribution is 2.49. The Bertz CT molecular complexity index is 495. The summed E-state index contributed by atoms with van der Waals surface area (Å²) in [5, 5.41) is 3.12. The first-order valence-electron chi connectivity index (χ1n) is 10.5. The van der Waals surface area contributed by atoms with Crippen LogP contribution in [0, 0.1) is 23.7 Å². The Hall–Kier alpha value is -1.26. The highest BCUT2D eigenvalue weighted by molar-refractivity contribution is 5.80.